The largest absolute Gasteiger partial charge is 0.494 e. The van der Waals surface area contributed by atoms with E-state index in [2.05, 4.69) is 34.8 Å². The van der Waals surface area contributed by atoms with Crippen molar-refractivity contribution in [2.24, 2.45) is 5.10 Å². The fourth-order valence-corrected chi connectivity index (χ4v) is 2.26. The topological polar surface area (TPSA) is 33.6 Å². The van der Waals surface area contributed by atoms with E-state index in [0.29, 0.717) is 6.61 Å². The summed E-state index contributed by atoms with van der Waals surface area (Å²) in [6.07, 6.45) is 1.80. The van der Waals surface area contributed by atoms with Gasteiger partial charge in [-0.2, -0.15) is 5.10 Å². The minimum Gasteiger partial charge on any atom is -0.494 e. The van der Waals surface area contributed by atoms with Crippen LogP contribution in [0.5, 0.6) is 5.75 Å². The predicted molar refractivity (Wildman–Crippen MR) is 92.8 cm³/mol. The van der Waals surface area contributed by atoms with E-state index in [1.807, 2.05) is 49.4 Å². The molecule has 3 aromatic rings. The van der Waals surface area contributed by atoms with Gasteiger partial charge in [0.05, 0.1) is 18.5 Å². The monoisotopic (exact) mass is 290 g/mol. The molecule has 110 valence electrons. The predicted octanol–water partition coefficient (Wildman–Crippen LogP) is 4.68. The Morgan fingerprint density at radius 2 is 1.73 bits per heavy atom. The third kappa shape index (κ3) is 3.44. The van der Waals surface area contributed by atoms with E-state index in [1.54, 1.807) is 6.21 Å². The molecule has 0 atom stereocenters. The summed E-state index contributed by atoms with van der Waals surface area (Å²) in [5.74, 6) is 0.877. The second-order valence-electron chi connectivity index (χ2n) is 4.93. The summed E-state index contributed by atoms with van der Waals surface area (Å²) in [4.78, 5) is 0. The van der Waals surface area contributed by atoms with Crippen molar-refractivity contribution in [3.63, 3.8) is 0 Å². The number of hydrogen-bond donors (Lipinski definition) is 1. The van der Waals surface area contributed by atoms with Gasteiger partial charge >= 0.3 is 0 Å². The molecule has 0 amide bonds. The standard InChI is InChI=1S/C19H18N2O/c1-2-22-19-11-7-15(8-12-19)14-20-21-18-10-9-16-5-3-4-6-17(16)13-18/h3-14,21H,2H2,1H3. The molecule has 0 radical (unpaired) electrons. The Labute approximate surface area is 130 Å². The van der Waals surface area contributed by atoms with E-state index in [1.165, 1.54) is 10.8 Å². The highest BCUT2D eigenvalue weighted by Gasteiger charge is 1.95. The molecule has 1 N–H and O–H groups in total. The average molecular weight is 290 g/mol. The minimum absolute atomic E-state index is 0.678. The van der Waals surface area contributed by atoms with Gasteiger partial charge in [-0.1, -0.05) is 30.3 Å². The summed E-state index contributed by atoms with van der Waals surface area (Å²) in [5.41, 5.74) is 5.06. The summed E-state index contributed by atoms with van der Waals surface area (Å²) >= 11 is 0. The van der Waals surface area contributed by atoms with Gasteiger partial charge in [-0.3, -0.25) is 5.43 Å². The van der Waals surface area contributed by atoms with E-state index < -0.39 is 0 Å². The number of hydrogen-bond acceptors (Lipinski definition) is 3. The van der Waals surface area contributed by atoms with Crippen LogP contribution in [0.3, 0.4) is 0 Å². The zero-order valence-electron chi connectivity index (χ0n) is 12.5. The number of benzene rings is 3. The van der Waals surface area contributed by atoms with Crippen LogP contribution in [0, 0.1) is 0 Å². The normalized spacial score (nSPS) is 11.0. The van der Waals surface area contributed by atoms with Crippen molar-refractivity contribution in [3.05, 3.63) is 72.3 Å². The lowest BCUT2D eigenvalue weighted by Crippen LogP contribution is -1.93. The molecule has 0 bridgehead atoms. The number of hydrazone groups is 1. The maximum absolute atomic E-state index is 5.42. The second kappa shape index (κ2) is 6.76. The molecule has 0 heterocycles. The van der Waals surface area contributed by atoms with Gasteiger partial charge in [0.1, 0.15) is 5.75 Å². The molecular formula is C19H18N2O. The molecule has 3 nitrogen and oxygen atoms in total. The van der Waals surface area contributed by atoms with Crippen LogP contribution >= 0.6 is 0 Å². The first-order valence-electron chi connectivity index (χ1n) is 7.36. The van der Waals surface area contributed by atoms with Crippen molar-refractivity contribution in [2.45, 2.75) is 6.92 Å². The number of anilines is 1. The average Bonchev–Trinajstić information content (AvgIpc) is 2.57. The van der Waals surface area contributed by atoms with E-state index in [0.717, 1.165) is 17.0 Å². The molecule has 0 aromatic heterocycles. The van der Waals surface area contributed by atoms with E-state index in [4.69, 9.17) is 4.74 Å². The van der Waals surface area contributed by atoms with Crippen molar-refractivity contribution in [2.75, 3.05) is 12.0 Å². The maximum atomic E-state index is 5.42. The molecule has 0 aliphatic rings. The molecule has 0 saturated heterocycles. The van der Waals surface area contributed by atoms with Crippen LogP contribution in [-0.4, -0.2) is 12.8 Å². The van der Waals surface area contributed by atoms with Gasteiger partial charge in [-0.05, 0) is 59.7 Å². The van der Waals surface area contributed by atoms with Crippen LogP contribution in [0.15, 0.2) is 71.8 Å². The highest BCUT2D eigenvalue weighted by molar-refractivity contribution is 5.86. The quantitative estimate of drug-likeness (QED) is 0.546. The first kappa shape index (κ1) is 14.1. The molecule has 0 spiro atoms. The van der Waals surface area contributed by atoms with E-state index in [9.17, 15) is 0 Å². The number of ether oxygens (including phenoxy) is 1. The van der Waals surface area contributed by atoms with Crippen LogP contribution in [0.1, 0.15) is 12.5 Å². The van der Waals surface area contributed by atoms with Crippen molar-refractivity contribution < 1.29 is 4.74 Å². The van der Waals surface area contributed by atoms with E-state index >= 15 is 0 Å². The van der Waals surface area contributed by atoms with Crippen molar-refractivity contribution in [1.82, 2.24) is 0 Å². The van der Waals surface area contributed by atoms with Gasteiger partial charge in [0, 0.05) is 0 Å². The summed E-state index contributed by atoms with van der Waals surface area (Å²) in [7, 11) is 0. The van der Waals surface area contributed by atoms with Crippen LogP contribution in [0.2, 0.25) is 0 Å². The minimum atomic E-state index is 0.678. The molecule has 3 heteroatoms. The van der Waals surface area contributed by atoms with Gasteiger partial charge in [0.2, 0.25) is 0 Å². The first-order chi connectivity index (χ1) is 10.8. The summed E-state index contributed by atoms with van der Waals surface area (Å²) in [6, 6.07) is 22.3. The lowest BCUT2D eigenvalue weighted by molar-refractivity contribution is 0.340. The summed E-state index contributed by atoms with van der Waals surface area (Å²) in [5, 5.41) is 6.70. The van der Waals surface area contributed by atoms with Crippen LogP contribution in [0.4, 0.5) is 5.69 Å². The third-order valence-electron chi connectivity index (χ3n) is 3.35. The van der Waals surface area contributed by atoms with Gasteiger partial charge in [-0.25, -0.2) is 0 Å². The van der Waals surface area contributed by atoms with Gasteiger partial charge in [-0.15, -0.1) is 0 Å². The Kier molecular flexibility index (Phi) is 4.35. The van der Waals surface area contributed by atoms with Crippen molar-refractivity contribution >= 4 is 22.7 Å². The molecule has 0 aliphatic carbocycles. The Morgan fingerprint density at radius 1 is 0.955 bits per heavy atom. The Morgan fingerprint density at radius 3 is 2.50 bits per heavy atom. The number of fused-ring (bicyclic) bond motifs is 1. The molecule has 0 fully saturated rings. The highest BCUT2D eigenvalue weighted by Crippen LogP contribution is 2.18. The van der Waals surface area contributed by atoms with Gasteiger partial charge < -0.3 is 4.74 Å². The Hall–Kier alpha value is -2.81. The van der Waals surface area contributed by atoms with E-state index in [-0.39, 0.29) is 0 Å². The van der Waals surface area contributed by atoms with Crippen LogP contribution in [-0.2, 0) is 0 Å². The van der Waals surface area contributed by atoms with Crippen LogP contribution < -0.4 is 10.2 Å². The number of nitrogens with one attached hydrogen (secondary N) is 1. The number of rotatable bonds is 5. The Balaban J connectivity index is 1.67. The fourth-order valence-electron chi connectivity index (χ4n) is 2.26. The molecular weight excluding hydrogens is 272 g/mol. The smallest absolute Gasteiger partial charge is 0.119 e. The molecule has 0 unspecified atom stereocenters. The molecule has 3 aromatic carbocycles. The second-order valence-corrected chi connectivity index (χ2v) is 4.93. The van der Waals surface area contributed by atoms with Gasteiger partial charge in [0.25, 0.3) is 0 Å². The Bertz CT molecular complexity index is 779. The van der Waals surface area contributed by atoms with Crippen molar-refractivity contribution in [3.8, 4) is 5.75 Å². The molecule has 0 aliphatic heterocycles. The summed E-state index contributed by atoms with van der Waals surface area (Å²) < 4.78 is 5.42. The lowest BCUT2D eigenvalue weighted by Gasteiger charge is -2.03. The zero-order chi connectivity index (χ0) is 15.2. The third-order valence-corrected chi connectivity index (χ3v) is 3.35. The molecule has 3 rings (SSSR count). The molecule has 0 saturated carbocycles. The highest BCUT2D eigenvalue weighted by atomic mass is 16.5. The van der Waals surface area contributed by atoms with Crippen molar-refractivity contribution in [1.29, 1.82) is 0 Å². The maximum Gasteiger partial charge on any atom is 0.119 e. The lowest BCUT2D eigenvalue weighted by atomic mass is 10.1. The SMILES string of the molecule is CCOc1ccc(C=NNc2ccc3ccccc3c2)cc1. The first-order valence-corrected chi connectivity index (χ1v) is 7.36. The summed E-state index contributed by atoms with van der Waals surface area (Å²) in [6.45, 7) is 2.65. The zero-order valence-corrected chi connectivity index (χ0v) is 12.5. The van der Waals surface area contributed by atoms with Gasteiger partial charge in [0.15, 0.2) is 0 Å². The fraction of sp³-hybridized carbons (Fsp3) is 0.105. The van der Waals surface area contributed by atoms with Crippen LogP contribution in [0.25, 0.3) is 10.8 Å². The number of nitrogens with zero attached hydrogens (tertiary/aromatic N) is 1. The molecule has 22 heavy (non-hydrogen) atoms.